The number of nitrogens with zero attached hydrogens (tertiary/aromatic N) is 2. The van der Waals surface area contributed by atoms with Gasteiger partial charge in [-0.25, -0.2) is 0 Å². The van der Waals surface area contributed by atoms with Gasteiger partial charge >= 0.3 is 0 Å². The molecule has 0 amide bonds. The lowest BCUT2D eigenvalue weighted by molar-refractivity contribution is 0.394. The average molecular weight is 462 g/mol. The topological polar surface area (TPSA) is 72.1 Å². The SMILES string of the molecule is CCCCNC(N)=NCC1CCN(c2cc(OC)cc(OC)c2)C1.I. The number of hydrogen-bond acceptors (Lipinski definition) is 4. The highest BCUT2D eigenvalue weighted by molar-refractivity contribution is 14.0. The molecule has 1 saturated heterocycles. The lowest BCUT2D eigenvalue weighted by atomic mass is 10.1. The van der Waals surface area contributed by atoms with Crippen LogP contribution in [-0.2, 0) is 0 Å². The van der Waals surface area contributed by atoms with Crippen LogP contribution in [0.4, 0.5) is 5.69 Å². The Morgan fingerprint density at radius 3 is 2.56 bits per heavy atom. The second kappa shape index (κ2) is 11.3. The van der Waals surface area contributed by atoms with Crippen molar-refractivity contribution in [1.82, 2.24) is 5.32 Å². The summed E-state index contributed by atoms with van der Waals surface area (Å²) in [7, 11) is 3.35. The van der Waals surface area contributed by atoms with Crippen LogP contribution in [0.2, 0.25) is 0 Å². The molecule has 1 fully saturated rings. The first kappa shape index (κ1) is 21.7. The van der Waals surface area contributed by atoms with Crippen LogP contribution in [0, 0.1) is 5.92 Å². The van der Waals surface area contributed by atoms with Crippen LogP contribution in [-0.4, -0.2) is 46.4 Å². The molecule has 142 valence electrons. The molecule has 25 heavy (non-hydrogen) atoms. The molecule has 7 heteroatoms. The van der Waals surface area contributed by atoms with Crippen LogP contribution in [0.5, 0.6) is 11.5 Å². The predicted molar refractivity (Wildman–Crippen MR) is 115 cm³/mol. The van der Waals surface area contributed by atoms with E-state index in [9.17, 15) is 0 Å². The van der Waals surface area contributed by atoms with Crippen molar-refractivity contribution in [2.45, 2.75) is 26.2 Å². The van der Waals surface area contributed by atoms with Gasteiger partial charge in [-0.3, -0.25) is 4.99 Å². The van der Waals surface area contributed by atoms with E-state index in [1.807, 2.05) is 6.07 Å². The number of nitrogens with two attached hydrogens (primary N) is 1. The van der Waals surface area contributed by atoms with Gasteiger partial charge in [-0.05, 0) is 18.8 Å². The number of guanidine groups is 1. The Morgan fingerprint density at radius 2 is 1.96 bits per heavy atom. The Balaban J connectivity index is 0.00000312. The van der Waals surface area contributed by atoms with Gasteiger partial charge in [0, 0.05) is 50.1 Å². The monoisotopic (exact) mass is 462 g/mol. The van der Waals surface area contributed by atoms with Crippen LogP contribution in [0.15, 0.2) is 23.2 Å². The summed E-state index contributed by atoms with van der Waals surface area (Å²) in [6.07, 6.45) is 3.39. The summed E-state index contributed by atoms with van der Waals surface area (Å²) in [5.41, 5.74) is 7.04. The molecular weight excluding hydrogens is 431 g/mol. The highest BCUT2D eigenvalue weighted by Gasteiger charge is 2.23. The Labute approximate surface area is 168 Å². The number of anilines is 1. The average Bonchev–Trinajstić information content (AvgIpc) is 3.08. The maximum Gasteiger partial charge on any atom is 0.188 e. The smallest absolute Gasteiger partial charge is 0.188 e. The number of unbranched alkanes of at least 4 members (excludes halogenated alkanes) is 1. The minimum atomic E-state index is 0. The summed E-state index contributed by atoms with van der Waals surface area (Å²) >= 11 is 0. The quantitative estimate of drug-likeness (QED) is 0.269. The minimum absolute atomic E-state index is 0. The zero-order valence-electron chi connectivity index (χ0n) is 15.5. The van der Waals surface area contributed by atoms with E-state index in [1.165, 1.54) is 0 Å². The Morgan fingerprint density at radius 1 is 1.28 bits per heavy atom. The standard InChI is InChI=1S/C18H30N4O2.HI/c1-4-5-7-20-18(19)21-12-14-6-8-22(13-14)15-9-16(23-2)11-17(10-15)24-3;/h9-11,14H,4-8,12-13H2,1-3H3,(H3,19,20,21);1H. The molecule has 0 bridgehead atoms. The molecule has 1 aliphatic rings. The van der Waals surface area contributed by atoms with Crippen molar-refractivity contribution < 1.29 is 9.47 Å². The number of hydrogen-bond donors (Lipinski definition) is 2. The molecular formula is C18H31IN4O2. The van der Waals surface area contributed by atoms with Crippen LogP contribution in [0.1, 0.15) is 26.2 Å². The summed E-state index contributed by atoms with van der Waals surface area (Å²) in [6, 6.07) is 5.99. The van der Waals surface area contributed by atoms with Crippen molar-refractivity contribution in [2.24, 2.45) is 16.6 Å². The van der Waals surface area contributed by atoms with Crippen molar-refractivity contribution >= 4 is 35.6 Å². The Bertz CT molecular complexity index is 532. The zero-order chi connectivity index (χ0) is 17.4. The molecule has 1 aliphatic heterocycles. The Hall–Kier alpha value is -1.38. The molecule has 1 atom stereocenters. The number of methoxy groups -OCH3 is 2. The van der Waals surface area contributed by atoms with Gasteiger partial charge in [0.25, 0.3) is 0 Å². The largest absolute Gasteiger partial charge is 0.497 e. The van der Waals surface area contributed by atoms with E-state index in [-0.39, 0.29) is 24.0 Å². The third-order valence-corrected chi connectivity index (χ3v) is 4.34. The third kappa shape index (κ3) is 6.80. The van der Waals surface area contributed by atoms with E-state index in [2.05, 4.69) is 34.3 Å². The van der Waals surface area contributed by atoms with Gasteiger partial charge in [0.1, 0.15) is 11.5 Å². The number of rotatable bonds is 8. The summed E-state index contributed by atoms with van der Waals surface area (Å²) < 4.78 is 10.7. The first-order valence-corrected chi connectivity index (χ1v) is 8.68. The fourth-order valence-electron chi connectivity index (χ4n) is 2.87. The molecule has 0 spiro atoms. The van der Waals surface area contributed by atoms with Gasteiger partial charge < -0.3 is 25.4 Å². The second-order valence-electron chi connectivity index (χ2n) is 6.18. The molecule has 1 aromatic rings. The van der Waals surface area contributed by atoms with Crippen LogP contribution < -0.4 is 25.4 Å². The summed E-state index contributed by atoms with van der Waals surface area (Å²) in [5, 5.41) is 3.16. The molecule has 0 aliphatic carbocycles. The molecule has 6 nitrogen and oxygen atoms in total. The van der Waals surface area contributed by atoms with Gasteiger partial charge in [0.2, 0.25) is 0 Å². The minimum Gasteiger partial charge on any atom is -0.497 e. The van der Waals surface area contributed by atoms with Gasteiger partial charge in [0.15, 0.2) is 5.96 Å². The van der Waals surface area contributed by atoms with Crippen molar-refractivity contribution in [3.05, 3.63) is 18.2 Å². The fraction of sp³-hybridized carbons (Fsp3) is 0.611. The molecule has 1 heterocycles. The summed E-state index contributed by atoms with van der Waals surface area (Å²) in [4.78, 5) is 6.83. The van der Waals surface area contributed by atoms with Crippen LogP contribution in [0.3, 0.4) is 0 Å². The predicted octanol–water partition coefficient (Wildman–Crippen LogP) is 2.85. The van der Waals surface area contributed by atoms with Crippen molar-refractivity contribution in [1.29, 1.82) is 0 Å². The lowest BCUT2D eigenvalue weighted by Gasteiger charge is -2.20. The molecule has 2 rings (SSSR count). The van der Waals surface area contributed by atoms with Crippen LogP contribution >= 0.6 is 24.0 Å². The van der Waals surface area contributed by atoms with E-state index >= 15 is 0 Å². The maximum absolute atomic E-state index is 5.91. The van der Waals surface area contributed by atoms with Crippen molar-refractivity contribution in [3.63, 3.8) is 0 Å². The van der Waals surface area contributed by atoms with Crippen molar-refractivity contribution in [2.75, 3.05) is 45.3 Å². The first-order valence-electron chi connectivity index (χ1n) is 8.68. The van der Waals surface area contributed by atoms with Crippen LogP contribution in [0.25, 0.3) is 0 Å². The Kier molecular flexibility index (Phi) is 9.77. The normalized spacial score (nSPS) is 17.2. The van der Waals surface area contributed by atoms with Gasteiger partial charge in [-0.1, -0.05) is 13.3 Å². The number of aliphatic imine (C=N–C) groups is 1. The van der Waals surface area contributed by atoms with Gasteiger partial charge in [-0.15, -0.1) is 24.0 Å². The highest BCUT2D eigenvalue weighted by atomic mass is 127. The fourth-order valence-corrected chi connectivity index (χ4v) is 2.87. The zero-order valence-corrected chi connectivity index (χ0v) is 17.8. The number of ether oxygens (including phenoxy) is 2. The van der Waals surface area contributed by atoms with Gasteiger partial charge in [0.05, 0.1) is 14.2 Å². The molecule has 0 aromatic heterocycles. The number of nitrogens with one attached hydrogen (secondary N) is 1. The van der Waals surface area contributed by atoms with E-state index < -0.39 is 0 Å². The molecule has 0 radical (unpaired) electrons. The summed E-state index contributed by atoms with van der Waals surface area (Å²) in [6.45, 7) is 5.81. The maximum atomic E-state index is 5.91. The highest BCUT2D eigenvalue weighted by Crippen LogP contribution is 2.31. The molecule has 1 aromatic carbocycles. The van der Waals surface area contributed by atoms with E-state index in [0.717, 1.165) is 62.6 Å². The van der Waals surface area contributed by atoms with E-state index in [4.69, 9.17) is 15.2 Å². The van der Waals surface area contributed by atoms with E-state index in [1.54, 1.807) is 14.2 Å². The third-order valence-electron chi connectivity index (χ3n) is 4.34. The van der Waals surface area contributed by atoms with E-state index in [0.29, 0.717) is 11.9 Å². The summed E-state index contributed by atoms with van der Waals surface area (Å²) in [5.74, 6) is 2.71. The number of halogens is 1. The molecule has 0 saturated carbocycles. The second-order valence-corrected chi connectivity index (χ2v) is 6.18. The molecule has 3 N–H and O–H groups in total. The number of benzene rings is 1. The van der Waals surface area contributed by atoms with Gasteiger partial charge in [-0.2, -0.15) is 0 Å². The molecule has 1 unspecified atom stereocenters. The lowest BCUT2D eigenvalue weighted by Crippen LogP contribution is -2.33. The van der Waals surface area contributed by atoms with Crippen molar-refractivity contribution in [3.8, 4) is 11.5 Å². The first-order chi connectivity index (χ1) is 11.7.